The van der Waals surface area contributed by atoms with Crippen LogP contribution in [0.5, 0.6) is 0 Å². The van der Waals surface area contributed by atoms with Crippen molar-refractivity contribution in [2.75, 3.05) is 0 Å². The maximum atomic E-state index is 4.29. The van der Waals surface area contributed by atoms with Crippen molar-refractivity contribution in [2.24, 2.45) is 20.0 Å². The summed E-state index contributed by atoms with van der Waals surface area (Å²) in [7, 11) is 4.69. The van der Waals surface area contributed by atoms with Gasteiger partial charge in [-0.05, 0) is 116 Å². The van der Waals surface area contributed by atoms with E-state index in [1.54, 1.807) is 11.4 Å². The van der Waals surface area contributed by atoms with Crippen molar-refractivity contribution in [1.29, 1.82) is 0 Å². The number of nitrogens with zero attached hydrogens (tertiary/aromatic N) is 4. The van der Waals surface area contributed by atoms with Gasteiger partial charge in [-0.1, -0.05) is 62.6 Å². The third kappa shape index (κ3) is 5.57. The minimum Gasteiger partial charge on any atom is -0.346 e. The number of hydrogen-bond donors (Lipinski definition) is 0. The second-order valence-electron chi connectivity index (χ2n) is 13.7. The molecule has 1 saturated carbocycles. The minimum atomic E-state index is -0.0641. The smallest absolute Gasteiger partial charge is 0.0514 e. The molecule has 4 heterocycles. The maximum absolute atomic E-state index is 4.29. The third-order valence-corrected chi connectivity index (χ3v) is 11.1. The molecule has 0 radical (unpaired) electrons. The first-order valence-corrected chi connectivity index (χ1v) is 17.5. The Morgan fingerprint density at radius 2 is 1.09 bits per heavy atom. The summed E-state index contributed by atoms with van der Waals surface area (Å²) < 4.78 is 5.18. The van der Waals surface area contributed by atoms with Crippen LogP contribution in [-0.2, 0) is 45.2 Å². The van der Waals surface area contributed by atoms with Crippen molar-refractivity contribution < 1.29 is 0 Å². The van der Waals surface area contributed by atoms with Gasteiger partial charge in [-0.15, -0.1) is 0 Å². The van der Waals surface area contributed by atoms with Gasteiger partial charge < -0.3 is 9.13 Å². The van der Waals surface area contributed by atoms with Gasteiger partial charge in [0.1, 0.15) is 0 Å². The summed E-state index contributed by atoms with van der Waals surface area (Å²) in [6.45, 7) is 2.34. The van der Waals surface area contributed by atoms with E-state index in [9.17, 15) is 0 Å². The molecule has 1 aliphatic rings. The normalized spacial score (nSPS) is 15.2. The molecule has 2 aromatic carbocycles. The van der Waals surface area contributed by atoms with Gasteiger partial charge in [0.15, 0.2) is 0 Å². The highest BCUT2D eigenvalue weighted by Crippen LogP contribution is 2.52. The van der Waals surface area contributed by atoms with E-state index in [1.807, 2.05) is 24.8 Å². The molecule has 46 heavy (non-hydrogen) atoms. The number of para-hydroxylation sites is 2. The first kappa shape index (κ1) is 30.5. The first-order chi connectivity index (χ1) is 22.6. The number of pyridine rings is 2. The first-order valence-electron chi connectivity index (χ1n) is 17.5. The van der Waals surface area contributed by atoms with Crippen LogP contribution in [0.25, 0.3) is 21.8 Å². The molecule has 4 nitrogen and oxygen atoms in total. The van der Waals surface area contributed by atoms with Crippen molar-refractivity contribution in [3.8, 4) is 0 Å². The number of benzene rings is 2. The third-order valence-electron chi connectivity index (χ3n) is 11.1. The molecule has 4 aromatic heterocycles. The zero-order chi connectivity index (χ0) is 31.5. The van der Waals surface area contributed by atoms with Crippen LogP contribution in [0.4, 0.5) is 0 Å². The van der Waals surface area contributed by atoms with Crippen LogP contribution in [0, 0.1) is 5.92 Å². The van der Waals surface area contributed by atoms with E-state index in [-0.39, 0.29) is 5.41 Å². The minimum absolute atomic E-state index is 0.0641. The van der Waals surface area contributed by atoms with Crippen molar-refractivity contribution in [2.45, 2.75) is 83.0 Å². The summed E-state index contributed by atoms with van der Waals surface area (Å²) in [6.07, 6.45) is 20.8. The van der Waals surface area contributed by atoms with Crippen molar-refractivity contribution in [1.82, 2.24) is 19.1 Å². The van der Waals surface area contributed by atoms with E-state index >= 15 is 0 Å². The quantitative estimate of drug-likeness (QED) is 0.147. The number of unbranched alkanes of at least 4 members (excludes halogenated alkanes) is 1. The lowest BCUT2D eigenvalue weighted by molar-refractivity contribution is 0.236. The summed E-state index contributed by atoms with van der Waals surface area (Å²) in [5, 5.41) is 2.83. The van der Waals surface area contributed by atoms with Crippen LogP contribution < -0.4 is 0 Å². The van der Waals surface area contributed by atoms with Gasteiger partial charge in [-0.2, -0.15) is 0 Å². The maximum Gasteiger partial charge on any atom is 0.0514 e. The Labute approximate surface area is 274 Å². The van der Waals surface area contributed by atoms with Crippen molar-refractivity contribution >= 4 is 21.8 Å². The monoisotopic (exact) mass is 608 g/mol. The van der Waals surface area contributed by atoms with Crippen molar-refractivity contribution in [3.05, 3.63) is 131 Å². The second-order valence-corrected chi connectivity index (χ2v) is 13.7. The predicted molar refractivity (Wildman–Crippen MR) is 191 cm³/mol. The van der Waals surface area contributed by atoms with E-state index in [1.165, 1.54) is 89.0 Å². The van der Waals surface area contributed by atoms with E-state index < -0.39 is 0 Å². The molecule has 0 amide bonds. The lowest BCUT2D eigenvalue weighted by atomic mass is 9.63. The molecule has 4 heteroatoms. The van der Waals surface area contributed by atoms with Crippen LogP contribution >= 0.6 is 0 Å². The Morgan fingerprint density at radius 3 is 1.54 bits per heavy atom. The molecule has 0 N–H and O–H groups in total. The van der Waals surface area contributed by atoms with Gasteiger partial charge in [-0.3, -0.25) is 9.97 Å². The van der Waals surface area contributed by atoms with E-state index in [2.05, 4.69) is 113 Å². The topological polar surface area (TPSA) is 35.6 Å². The molecule has 0 spiro atoms. The Bertz CT molecular complexity index is 1780. The van der Waals surface area contributed by atoms with Crippen LogP contribution in [0.3, 0.4) is 0 Å². The Kier molecular flexibility index (Phi) is 8.80. The number of hydrogen-bond acceptors (Lipinski definition) is 2. The van der Waals surface area contributed by atoms with Crippen LogP contribution in [0.1, 0.15) is 85.5 Å². The molecular formula is C42H48N4. The number of aryl methyl sites for hydroxylation is 6. The van der Waals surface area contributed by atoms with E-state index in [0.29, 0.717) is 0 Å². The highest BCUT2D eigenvalue weighted by atomic mass is 15.0. The van der Waals surface area contributed by atoms with Gasteiger partial charge in [0.2, 0.25) is 0 Å². The fourth-order valence-corrected chi connectivity index (χ4v) is 8.84. The fourth-order valence-electron chi connectivity index (χ4n) is 8.84. The summed E-state index contributed by atoms with van der Waals surface area (Å²) in [6, 6.07) is 27.0. The van der Waals surface area contributed by atoms with Crippen molar-refractivity contribution in [3.63, 3.8) is 0 Å². The molecule has 0 saturated heterocycles. The molecule has 236 valence electrons. The SMILES string of the molecule is CCCCC1CCC(c2c(CCc3ccncc3)c3ccccc3n2C)(c2c(CCc3ccncc3)c3ccccc3n2C)CC1. The van der Waals surface area contributed by atoms with Crippen LogP contribution in [0.2, 0.25) is 0 Å². The molecule has 1 aliphatic carbocycles. The average molecular weight is 609 g/mol. The van der Waals surface area contributed by atoms with Gasteiger partial charge in [0.25, 0.3) is 0 Å². The summed E-state index contributed by atoms with van der Waals surface area (Å²) in [5.74, 6) is 0.818. The van der Waals surface area contributed by atoms with E-state index in [4.69, 9.17) is 0 Å². The Balaban J connectivity index is 1.43. The Morgan fingerprint density at radius 1 is 0.630 bits per heavy atom. The predicted octanol–water partition coefficient (Wildman–Crippen LogP) is 9.70. The highest BCUT2D eigenvalue weighted by Gasteiger charge is 2.45. The molecule has 7 rings (SSSR count). The number of rotatable bonds is 11. The molecular weight excluding hydrogens is 560 g/mol. The standard InChI is InChI=1S/C42H48N4/c1-4-5-10-31-19-25-42(26-20-31,40-36(17-15-32-21-27-43-28-22-32)34-11-6-8-13-38(34)45(40)2)41-37(18-16-33-23-29-44-30-24-33)35-12-7-9-14-39(35)46(41)3/h6-9,11-14,21-24,27-31H,4-5,10,15-20,25-26H2,1-3H3. The average Bonchev–Trinajstić information content (AvgIpc) is 3.57. The molecule has 0 atom stereocenters. The molecule has 6 aromatic rings. The van der Waals surface area contributed by atoms with E-state index in [0.717, 1.165) is 31.6 Å². The molecule has 0 bridgehead atoms. The van der Waals surface area contributed by atoms with Crippen LogP contribution in [0.15, 0.2) is 97.6 Å². The highest BCUT2D eigenvalue weighted by molar-refractivity contribution is 5.89. The van der Waals surface area contributed by atoms with Gasteiger partial charge in [-0.25, -0.2) is 0 Å². The summed E-state index contributed by atoms with van der Waals surface area (Å²) in [4.78, 5) is 8.59. The van der Waals surface area contributed by atoms with Gasteiger partial charge in [0.05, 0.1) is 5.41 Å². The summed E-state index contributed by atoms with van der Waals surface area (Å²) >= 11 is 0. The Hall–Kier alpha value is -4.18. The zero-order valence-corrected chi connectivity index (χ0v) is 27.9. The second kappa shape index (κ2) is 13.3. The molecule has 0 aliphatic heterocycles. The molecule has 0 unspecified atom stereocenters. The zero-order valence-electron chi connectivity index (χ0n) is 27.9. The fraction of sp³-hybridized carbons (Fsp3) is 0.381. The molecule has 1 fully saturated rings. The lowest BCUT2D eigenvalue weighted by Crippen LogP contribution is -2.38. The van der Waals surface area contributed by atoms with Gasteiger partial charge >= 0.3 is 0 Å². The lowest BCUT2D eigenvalue weighted by Gasteiger charge is -2.43. The van der Waals surface area contributed by atoms with Gasteiger partial charge in [0, 0.05) is 72.1 Å². The summed E-state index contributed by atoms with van der Waals surface area (Å²) in [5.41, 5.74) is 11.5. The largest absolute Gasteiger partial charge is 0.346 e. The van der Waals surface area contributed by atoms with Crippen LogP contribution in [-0.4, -0.2) is 19.1 Å². The number of aromatic nitrogens is 4. The number of fused-ring (bicyclic) bond motifs is 2.